The molecular formula is C17H25NO. The molecule has 1 saturated carbocycles. The Hall–Kier alpha value is -1.15. The Morgan fingerprint density at radius 2 is 2.05 bits per heavy atom. The maximum Gasteiger partial charge on any atom is 0.159 e. The first-order valence-electron chi connectivity index (χ1n) is 7.48. The van der Waals surface area contributed by atoms with Crippen molar-refractivity contribution in [3.05, 3.63) is 34.9 Å². The lowest BCUT2D eigenvalue weighted by atomic mass is 9.95. The summed E-state index contributed by atoms with van der Waals surface area (Å²) in [7, 11) is 0. The van der Waals surface area contributed by atoms with Gasteiger partial charge in [-0.15, -0.1) is 0 Å². The van der Waals surface area contributed by atoms with Crippen molar-refractivity contribution in [3.63, 3.8) is 0 Å². The van der Waals surface area contributed by atoms with Gasteiger partial charge in [0.05, 0.1) is 0 Å². The predicted molar refractivity (Wildman–Crippen MR) is 80.1 cm³/mol. The average molecular weight is 259 g/mol. The van der Waals surface area contributed by atoms with Crippen LogP contribution < -0.4 is 5.32 Å². The number of Topliss-reactive ketones (excluding diaryl/α,β-unsaturated/α-hetero) is 1. The molecule has 2 nitrogen and oxygen atoms in total. The van der Waals surface area contributed by atoms with Gasteiger partial charge in [0.15, 0.2) is 5.78 Å². The van der Waals surface area contributed by atoms with E-state index in [1.54, 1.807) is 6.92 Å². The summed E-state index contributed by atoms with van der Waals surface area (Å²) >= 11 is 0. The number of carbonyl (C=O) groups is 1. The van der Waals surface area contributed by atoms with Crippen molar-refractivity contribution in [1.82, 2.24) is 5.32 Å². The van der Waals surface area contributed by atoms with E-state index in [4.69, 9.17) is 0 Å². The van der Waals surface area contributed by atoms with Crippen LogP contribution in [0.15, 0.2) is 34.9 Å². The summed E-state index contributed by atoms with van der Waals surface area (Å²) in [5.74, 6) is 0.154. The van der Waals surface area contributed by atoms with E-state index < -0.39 is 0 Å². The summed E-state index contributed by atoms with van der Waals surface area (Å²) < 4.78 is 0. The summed E-state index contributed by atoms with van der Waals surface area (Å²) in [4.78, 5) is 11.5. The minimum absolute atomic E-state index is 0.154. The molecule has 0 heterocycles. The Bertz CT molecular complexity index is 423. The Balaban J connectivity index is 2.00. The molecule has 0 aromatic heterocycles. The molecule has 0 spiro atoms. The van der Waals surface area contributed by atoms with E-state index in [-0.39, 0.29) is 5.78 Å². The monoisotopic (exact) mass is 259 g/mol. The van der Waals surface area contributed by atoms with Crippen LogP contribution in [0.4, 0.5) is 0 Å². The van der Waals surface area contributed by atoms with E-state index in [1.807, 2.05) is 6.08 Å². The van der Waals surface area contributed by atoms with Gasteiger partial charge in [0.2, 0.25) is 0 Å². The van der Waals surface area contributed by atoms with Gasteiger partial charge in [-0.1, -0.05) is 37.0 Å². The van der Waals surface area contributed by atoms with Crippen molar-refractivity contribution < 1.29 is 4.79 Å². The molecule has 0 atom stereocenters. The zero-order chi connectivity index (χ0) is 13.7. The fourth-order valence-corrected chi connectivity index (χ4v) is 2.83. The van der Waals surface area contributed by atoms with Crippen LogP contribution in [-0.4, -0.2) is 18.4 Å². The molecule has 0 bridgehead atoms. The molecule has 0 saturated heterocycles. The highest BCUT2D eigenvalue weighted by molar-refractivity contribution is 5.96. The smallest absolute Gasteiger partial charge is 0.159 e. The van der Waals surface area contributed by atoms with Crippen LogP contribution >= 0.6 is 0 Å². The second-order valence-corrected chi connectivity index (χ2v) is 5.78. The Morgan fingerprint density at radius 1 is 1.32 bits per heavy atom. The van der Waals surface area contributed by atoms with Gasteiger partial charge in [0, 0.05) is 18.2 Å². The molecule has 0 aliphatic heterocycles. The van der Waals surface area contributed by atoms with Crippen molar-refractivity contribution in [1.29, 1.82) is 0 Å². The second kappa shape index (κ2) is 6.85. The standard InChI is InChI=1S/C17H25NO/c1-13-7-6-8-15(14(2)19)11-16(13)12-18-17-9-4-3-5-10-17/h6,8,11,17-18H,3-5,7,9-10,12H2,1-2H3. The van der Waals surface area contributed by atoms with Crippen molar-refractivity contribution in [2.75, 3.05) is 6.54 Å². The minimum Gasteiger partial charge on any atom is -0.310 e. The third kappa shape index (κ3) is 4.17. The topological polar surface area (TPSA) is 29.1 Å². The highest BCUT2D eigenvalue weighted by atomic mass is 16.1. The third-order valence-corrected chi connectivity index (χ3v) is 4.19. The molecule has 2 aliphatic rings. The summed E-state index contributed by atoms with van der Waals surface area (Å²) in [6.07, 6.45) is 13.8. The summed E-state index contributed by atoms with van der Waals surface area (Å²) in [6, 6.07) is 0.666. The summed E-state index contributed by atoms with van der Waals surface area (Å²) in [5.41, 5.74) is 3.49. The number of hydrogen-bond donors (Lipinski definition) is 1. The first-order chi connectivity index (χ1) is 9.16. The average Bonchev–Trinajstić information content (AvgIpc) is 2.60. The van der Waals surface area contributed by atoms with Crippen LogP contribution in [0.1, 0.15) is 52.4 Å². The molecular weight excluding hydrogens is 234 g/mol. The predicted octanol–water partition coefficient (Wildman–Crippen LogP) is 3.70. The van der Waals surface area contributed by atoms with Gasteiger partial charge in [0.1, 0.15) is 0 Å². The minimum atomic E-state index is 0.154. The van der Waals surface area contributed by atoms with Gasteiger partial charge in [-0.25, -0.2) is 0 Å². The maximum atomic E-state index is 11.5. The number of rotatable bonds is 4. The van der Waals surface area contributed by atoms with Gasteiger partial charge >= 0.3 is 0 Å². The highest BCUT2D eigenvalue weighted by Gasteiger charge is 2.14. The molecule has 2 heteroatoms. The van der Waals surface area contributed by atoms with Gasteiger partial charge in [-0.3, -0.25) is 4.79 Å². The molecule has 2 aliphatic carbocycles. The lowest BCUT2D eigenvalue weighted by Crippen LogP contribution is -2.32. The zero-order valence-electron chi connectivity index (χ0n) is 12.2. The van der Waals surface area contributed by atoms with Crippen molar-refractivity contribution in [2.24, 2.45) is 0 Å². The molecule has 0 aromatic rings. The van der Waals surface area contributed by atoms with Gasteiger partial charge < -0.3 is 5.32 Å². The fraction of sp³-hybridized carbons (Fsp3) is 0.588. The van der Waals surface area contributed by atoms with E-state index in [2.05, 4.69) is 24.4 Å². The number of carbonyl (C=O) groups excluding carboxylic acids is 1. The number of hydrogen-bond acceptors (Lipinski definition) is 2. The van der Waals surface area contributed by atoms with E-state index >= 15 is 0 Å². The fourth-order valence-electron chi connectivity index (χ4n) is 2.83. The maximum absolute atomic E-state index is 11.5. The first-order valence-corrected chi connectivity index (χ1v) is 7.48. The lowest BCUT2D eigenvalue weighted by molar-refractivity contribution is -0.113. The van der Waals surface area contributed by atoms with Crippen LogP contribution in [0.5, 0.6) is 0 Å². The Labute approximate surface area is 116 Å². The molecule has 1 N–H and O–H groups in total. The quantitative estimate of drug-likeness (QED) is 0.834. The molecule has 1 fully saturated rings. The number of ketones is 1. The van der Waals surface area contributed by atoms with E-state index in [0.717, 1.165) is 18.5 Å². The van der Waals surface area contributed by atoms with E-state index in [1.165, 1.54) is 43.3 Å². The molecule has 104 valence electrons. The van der Waals surface area contributed by atoms with Crippen LogP contribution in [0, 0.1) is 0 Å². The van der Waals surface area contributed by atoms with E-state index in [0.29, 0.717) is 6.04 Å². The van der Waals surface area contributed by atoms with Crippen molar-refractivity contribution in [3.8, 4) is 0 Å². The lowest BCUT2D eigenvalue weighted by Gasteiger charge is -2.23. The normalized spacial score (nSPS) is 21.3. The van der Waals surface area contributed by atoms with Crippen LogP contribution in [0.3, 0.4) is 0 Å². The van der Waals surface area contributed by atoms with Crippen LogP contribution in [0.25, 0.3) is 0 Å². The van der Waals surface area contributed by atoms with Gasteiger partial charge in [0.25, 0.3) is 0 Å². The zero-order valence-corrected chi connectivity index (χ0v) is 12.2. The summed E-state index contributed by atoms with van der Waals surface area (Å²) in [6.45, 7) is 4.71. The SMILES string of the molecule is CC(=O)C1=CC(CNC2CCCCC2)=C(C)CC=C1. The van der Waals surface area contributed by atoms with Crippen LogP contribution in [0.2, 0.25) is 0 Å². The van der Waals surface area contributed by atoms with Crippen molar-refractivity contribution in [2.45, 2.75) is 58.4 Å². The molecule has 0 unspecified atom stereocenters. The molecule has 19 heavy (non-hydrogen) atoms. The van der Waals surface area contributed by atoms with Crippen LogP contribution in [-0.2, 0) is 4.79 Å². The largest absolute Gasteiger partial charge is 0.310 e. The number of allylic oxidation sites excluding steroid dienone is 4. The third-order valence-electron chi connectivity index (χ3n) is 4.19. The van der Waals surface area contributed by atoms with Gasteiger partial charge in [-0.05, 0) is 44.8 Å². The molecule has 0 amide bonds. The van der Waals surface area contributed by atoms with E-state index in [9.17, 15) is 4.79 Å². The second-order valence-electron chi connectivity index (χ2n) is 5.78. The molecule has 0 radical (unpaired) electrons. The summed E-state index contributed by atoms with van der Waals surface area (Å²) in [5, 5.41) is 3.67. The molecule has 0 aromatic carbocycles. The molecule has 2 rings (SSSR count). The Morgan fingerprint density at radius 3 is 2.74 bits per heavy atom. The Kier molecular flexibility index (Phi) is 5.15. The highest BCUT2D eigenvalue weighted by Crippen LogP contribution is 2.20. The van der Waals surface area contributed by atoms with Gasteiger partial charge in [-0.2, -0.15) is 0 Å². The first kappa shape index (κ1) is 14.3. The van der Waals surface area contributed by atoms with Crippen molar-refractivity contribution >= 4 is 5.78 Å². The number of nitrogens with one attached hydrogen (secondary N) is 1.